The Bertz CT molecular complexity index is 517. The number of carboxylic acids is 1. The predicted molar refractivity (Wildman–Crippen MR) is 66.1 cm³/mol. The van der Waals surface area contributed by atoms with Crippen molar-refractivity contribution >= 4 is 11.9 Å². The molecule has 2 saturated heterocycles. The van der Waals surface area contributed by atoms with Crippen molar-refractivity contribution in [3.05, 3.63) is 11.9 Å². The lowest BCUT2D eigenvalue weighted by molar-refractivity contribution is -0.145. The molecule has 3 rings (SSSR count). The molecular weight excluding hydrogens is 264 g/mol. The second-order valence-electron chi connectivity index (χ2n) is 5.20. The minimum absolute atomic E-state index is 0.0176. The van der Waals surface area contributed by atoms with Crippen LogP contribution < -0.4 is 0 Å². The molecule has 0 saturated carbocycles. The summed E-state index contributed by atoms with van der Waals surface area (Å²) in [6.07, 6.45) is 3.21. The topological polar surface area (TPSA) is 97.5 Å². The number of rotatable bonds is 3. The van der Waals surface area contributed by atoms with Crippen LogP contribution in [0.2, 0.25) is 0 Å². The van der Waals surface area contributed by atoms with Crippen molar-refractivity contribution in [1.82, 2.24) is 19.9 Å². The fraction of sp³-hybridized carbons (Fsp3) is 0.667. The number of ether oxygens (including phenoxy) is 1. The minimum atomic E-state index is -1.09. The van der Waals surface area contributed by atoms with Gasteiger partial charge in [-0.2, -0.15) is 0 Å². The molecule has 1 unspecified atom stereocenters. The molecule has 1 N–H and O–H groups in total. The van der Waals surface area contributed by atoms with Crippen molar-refractivity contribution in [2.75, 3.05) is 26.3 Å². The molecule has 0 spiro atoms. The van der Waals surface area contributed by atoms with Crippen LogP contribution in [-0.2, 0) is 9.53 Å². The quantitative estimate of drug-likeness (QED) is 0.822. The minimum Gasteiger partial charge on any atom is -0.476 e. The molecule has 0 radical (unpaired) electrons. The molecule has 8 nitrogen and oxygen atoms in total. The molecule has 108 valence electrons. The van der Waals surface area contributed by atoms with Gasteiger partial charge in [0, 0.05) is 19.7 Å². The van der Waals surface area contributed by atoms with E-state index in [9.17, 15) is 9.59 Å². The van der Waals surface area contributed by atoms with Gasteiger partial charge in [0.2, 0.25) is 5.91 Å². The van der Waals surface area contributed by atoms with Crippen molar-refractivity contribution in [1.29, 1.82) is 0 Å². The third-order valence-corrected chi connectivity index (χ3v) is 3.79. The molecule has 2 aliphatic heterocycles. The monoisotopic (exact) mass is 280 g/mol. The predicted octanol–water partition coefficient (Wildman–Crippen LogP) is -0.214. The summed E-state index contributed by atoms with van der Waals surface area (Å²) in [6, 6.07) is 0.0176. The molecule has 20 heavy (non-hydrogen) atoms. The zero-order valence-electron chi connectivity index (χ0n) is 10.9. The van der Waals surface area contributed by atoms with Crippen LogP contribution in [-0.4, -0.2) is 63.2 Å². The summed E-state index contributed by atoms with van der Waals surface area (Å²) in [6.45, 7) is 2.35. The average Bonchev–Trinajstić information content (AvgIpc) is 2.87. The Labute approximate surface area is 115 Å². The SMILES string of the molecule is O=C(O)c1cn(C2CN(C(=O)C3CCCOC3)C2)nn1. The van der Waals surface area contributed by atoms with Gasteiger partial charge in [-0.1, -0.05) is 5.21 Å². The number of nitrogens with zero attached hydrogens (tertiary/aromatic N) is 4. The number of aromatic nitrogens is 3. The Balaban J connectivity index is 1.55. The van der Waals surface area contributed by atoms with E-state index in [-0.39, 0.29) is 23.6 Å². The lowest BCUT2D eigenvalue weighted by Gasteiger charge is -2.41. The number of carbonyl (C=O) groups excluding carboxylic acids is 1. The van der Waals surface area contributed by atoms with Crippen LogP contribution in [0.1, 0.15) is 29.4 Å². The Hall–Kier alpha value is -1.96. The van der Waals surface area contributed by atoms with Crippen molar-refractivity contribution in [2.24, 2.45) is 5.92 Å². The van der Waals surface area contributed by atoms with Crippen molar-refractivity contribution in [3.63, 3.8) is 0 Å². The van der Waals surface area contributed by atoms with E-state index >= 15 is 0 Å². The molecule has 2 fully saturated rings. The fourth-order valence-electron chi connectivity index (χ4n) is 2.55. The van der Waals surface area contributed by atoms with E-state index in [1.165, 1.54) is 10.9 Å². The highest BCUT2D eigenvalue weighted by atomic mass is 16.5. The molecule has 0 aromatic carbocycles. The van der Waals surface area contributed by atoms with Gasteiger partial charge in [-0.05, 0) is 12.8 Å². The first-order chi connectivity index (χ1) is 9.65. The number of amides is 1. The van der Waals surface area contributed by atoms with Gasteiger partial charge in [0.25, 0.3) is 0 Å². The normalized spacial score (nSPS) is 23.4. The molecule has 8 heteroatoms. The average molecular weight is 280 g/mol. The molecule has 0 bridgehead atoms. The summed E-state index contributed by atoms with van der Waals surface area (Å²) in [5.74, 6) is -1.00. The molecule has 1 aromatic rings. The van der Waals surface area contributed by atoms with Crippen LogP contribution in [0.4, 0.5) is 0 Å². The van der Waals surface area contributed by atoms with E-state index in [4.69, 9.17) is 9.84 Å². The van der Waals surface area contributed by atoms with Gasteiger partial charge in [0.05, 0.1) is 24.8 Å². The highest BCUT2D eigenvalue weighted by Crippen LogP contribution is 2.25. The van der Waals surface area contributed by atoms with Gasteiger partial charge >= 0.3 is 5.97 Å². The number of aromatic carboxylic acids is 1. The number of carbonyl (C=O) groups is 2. The summed E-state index contributed by atoms with van der Waals surface area (Å²) in [5, 5.41) is 16.1. The van der Waals surface area contributed by atoms with Crippen molar-refractivity contribution < 1.29 is 19.4 Å². The van der Waals surface area contributed by atoms with Crippen molar-refractivity contribution in [2.45, 2.75) is 18.9 Å². The van der Waals surface area contributed by atoms with E-state index in [0.29, 0.717) is 19.7 Å². The highest BCUT2D eigenvalue weighted by Gasteiger charge is 2.36. The standard InChI is InChI=1S/C12H16N4O4/c17-11(8-2-1-3-20-7-8)15-4-9(5-15)16-6-10(12(18)19)13-14-16/h6,8-9H,1-5,7H2,(H,18,19). The Morgan fingerprint density at radius 2 is 2.20 bits per heavy atom. The second-order valence-corrected chi connectivity index (χ2v) is 5.20. The van der Waals surface area contributed by atoms with Gasteiger partial charge in [-0.25, -0.2) is 9.48 Å². The van der Waals surface area contributed by atoms with Crippen LogP contribution in [0.5, 0.6) is 0 Å². The van der Waals surface area contributed by atoms with Gasteiger partial charge < -0.3 is 14.7 Å². The summed E-state index contributed by atoms with van der Waals surface area (Å²) in [4.78, 5) is 24.7. The number of likely N-dealkylation sites (tertiary alicyclic amines) is 1. The van der Waals surface area contributed by atoms with Crippen LogP contribution in [0, 0.1) is 5.92 Å². The fourth-order valence-corrected chi connectivity index (χ4v) is 2.55. The molecule has 1 atom stereocenters. The van der Waals surface area contributed by atoms with Crippen LogP contribution >= 0.6 is 0 Å². The van der Waals surface area contributed by atoms with Crippen molar-refractivity contribution in [3.8, 4) is 0 Å². The maximum absolute atomic E-state index is 12.2. The first-order valence-electron chi connectivity index (χ1n) is 6.67. The first-order valence-corrected chi connectivity index (χ1v) is 6.67. The number of hydrogen-bond acceptors (Lipinski definition) is 5. The molecule has 0 aliphatic carbocycles. The second kappa shape index (κ2) is 5.20. The summed E-state index contributed by atoms with van der Waals surface area (Å²) in [5.41, 5.74) is -0.0737. The smallest absolute Gasteiger partial charge is 0.358 e. The molecule has 2 aliphatic rings. The molecule has 3 heterocycles. The maximum atomic E-state index is 12.2. The lowest BCUT2D eigenvalue weighted by Crippen LogP contribution is -2.53. The van der Waals surface area contributed by atoms with E-state index in [1.807, 2.05) is 0 Å². The van der Waals surface area contributed by atoms with Crippen LogP contribution in [0.3, 0.4) is 0 Å². The van der Waals surface area contributed by atoms with Gasteiger partial charge in [-0.15, -0.1) is 5.10 Å². The largest absolute Gasteiger partial charge is 0.476 e. The highest BCUT2D eigenvalue weighted by molar-refractivity contribution is 5.84. The van der Waals surface area contributed by atoms with E-state index in [0.717, 1.165) is 19.4 Å². The van der Waals surface area contributed by atoms with Gasteiger partial charge in [0.15, 0.2) is 5.69 Å². The summed E-state index contributed by atoms with van der Waals surface area (Å²) >= 11 is 0. The number of carboxylic acid groups (broad SMARTS) is 1. The van der Waals surface area contributed by atoms with E-state index in [2.05, 4.69) is 10.3 Å². The Morgan fingerprint density at radius 3 is 2.80 bits per heavy atom. The summed E-state index contributed by atoms with van der Waals surface area (Å²) < 4.78 is 6.84. The Kier molecular flexibility index (Phi) is 3.39. The zero-order chi connectivity index (χ0) is 14.1. The third-order valence-electron chi connectivity index (χ3n) is 3.79. The number of hydrogen-bond donors (Lipinski definition) is 1. The summed E-state index contributed by atoms with van der Waals surface area (Å²) in [7, 11) is 0. The van der Waals surface area contributed by atoms with Gasteiger partial charge in [0.1, 0.15) is 0 Å². The van der Waals surface area contributed by atoms with Gasteiger partial charge in [-0.3, -0.25) is 4.79 Å². The lowest BCUT2D eigenvalue weighted by atomic mass is 9.98. The Morgan fingerprint density at radius 1 is 1.40 bits per heavy atom. The molecule has 1 aromatic heterocycles. The molecule has 1 amide bonds. The molecular formula is C12H16N4O4. The van der Waals surface area contributed by atoms with E-state index < -0.39 is 5.97 Å². The third kappa shape index (κ3) is 2.38. The maximum Gasteiger partial charge on any atom is 0.358 e. The van der Waals surface area contributed by atoms with Crippen LogP contribution in [0.15, 0.2) is 6.20 Å². The zero-order valence-corrected chi connectivity index (χ0v) is 10.9. The van der Waals surface area contributed by atoms with Crippen LogP contribution in [0.25, 0.3) is 0 Å². The van der Waals surface area contributed by atoms with E-state index in [1.54, 1.807) is 4.90 Å². The first kappa shape index (κ1) is 13.0.